The molecule has 0 aliphatic carbocycles. The summed E-state index contributed by atoms with van der Waals surface area (Å²) in [4.78, 5) is 41.7. The number of likely N-dealkylation sites (tertiary alicyclic amines) is 1. The van der Waals surface area contributed by atoms with Crippen molar-refractivity contribution in [2.24, 2.45) is 11.8 Å². The van der Waals surface area contributed by atoms with Crippen LogP contribution in [0.4, 0.5) is 5.69 Å². The number of benzene rings is 1. The fourth-order valence-corrected chi connectivity index (χ4v) is 6.07. The quantitative estimate of drug-likeness (QED) is 0.546. The monoisotopic (exact) mass is 463 g/mol. The Kier molecular flexibility index (Phi) is 6.22. The number of hydrogen-bond acceptors (Lipinski definition) is 5. The lowest BCUT2D eigenvalue weighted by Gasteiger charge is -2.33. The smallest absolute Gasteiger partial charge is 0.250 e. The first-order valence-corrected chi connectivity index (χ1v) is 11.7. The first-order valence-electron chi connectivity index (χ1n) is 11.3. The molecule has 3 amide bonds. The number of rotatable bonds is 8. The van der Waals surface area contributed by atoms with Crippen LogP contribution in [-0.2, 0) is 19.1 Å². The number of para-hydroxylation sites is 1. The van der Waals surface area contributed by atoms with Crippen LogP contribution in [0.15, 0.2) is 24.3 Å². The maximum absolute atomic E-state index is 13.6. The molecule has 0 radical (unpaired) electrons. The molecule has 0 saturated carbocycles. The highest BCUT2D eigenvalue weighted by molar-refractivity contribution is 6.33. The van der Waals surface area contributed by atoms with Crippen molar-refractivity contribution in [1.29, 1.82) is 0 Å². The summed E-state index contributed by atoms with van der Waals surface area (Å²) in [6.45, 7) is 4.13. The second kappa shape index (κ2) is 8.65. The number of hydrogen-bond donors (Lipinski definition) is 3. The maximum atomic E-state index is 13.6. The molecule has 3 aliphatic rings. The van der Waals surface area contributed by atoms with E-state index >= 15 is 0 Å². The van der Waals surface area contributed by atoms with E-state index in [4.69, 9.17) is 16.3 Å². The van der Waals surface area contributed by atoms with E-state index in [1.54, 1.807) is 24.3 Å². The molecule has 3 saturated heterocycles. The summed E-state index contributed by atoms with van der Waals surface area (Å²) in [5.74, 6) is -2.38. The van der Waals surface area contributed by atoms with Crippen LogP contribution in [0.25, 0.3) is 0 Å². The van der Waals surface area contributed by atoms with Crippen molar-refractivity contribution in [2.45, 2.75) is 56.8 Å². The predicted octanol–water partition coefficient (Wildman–Crippen LogP) is 1.95. The zero-order valence-corrected chi connectivity index (χ0v) is 19.2. The van der Waals surface area contributed by atoms with Crippen LogP contribution < -0.4 is 10.6 Å². The van der Waals surface area contributed by atoms with Crippen LogP contribution in [0.5, 0.6) is 0 Å². The van der Waals surface area contributed by atoms with Gasteiger partial charge < -0.3 is 25.4 Å². The first kappa shape index (κ1) is 23.0. The SMILES string of the molecule is CCCNC(=O)[C@@H]1[C@H]2C(=O)N(CCO)C(C(=O)Nc3ccccc3Cl)C23CC[C@@]1(CC)O3. The molecule has 0 aromatic heterocycles. The standard InChI is InChI=1S/C23H30ClN3O5/c1-3-11-25-19(29)16-17-21(31)27(12-13-28)18(23(17)10-9-22(16,4-2)32-23)20(30)26-15-8-6-5-7-14(15)24/h5-8,16-18,28H,3-4,9-13H2,1-2H3,(H,25,29)(H,26,30)/t16-,17-,18?,22+,23?/m0/s1. The van der Waals surface area contributed by atoms with Crippen LogP contribution in [0.1, 0.15) is 39.5 Å². The molecule has 5 atom stereocenters. The third kappa shape index (κ3) is 3.31. The van der Waals surface area contributed by atoms with Gasteiger partial charge in [-0.25, -0.2) is 0 Å². The van der Waals surface area contributed by atoms with Gasteiger partial charge in [-0.2, -0.15) is 0 Å². The Bertz CT molecular complexity index is 927. The van der Waals surface area contributed by atoms with Gasteiger partial charge in [0.15, 0.2) is 0 Å². The Hall–Kier alpha value is -2.16. The normalized spacial score (nSPS) is 32.8. The number of halogens is 1. The molecule has 3 heterocycles. The lowest BCUT2D eigenvalue weighted by atomic mass is 9.65. The minimum atomic E-state index is -1.11. The van der Waals surface area contributed by atoms with E-state index < -0.39 is 35.0 Å². The van der Waals surface area contributed by atoms with Crippen molar-refractivity contribution < 1.29 is 24.2 Å². The number of β-amino-alcohol motifs (C(OH)–C–C–N with tert-alkyl or cyclic N) is 1. The van der Waals surface area contributed by atoms with Crippen molar-refractivity contribution >= 4 is 35.0 Å². The number of ether oxygens (including phenoxy) is 1. The lowest BCUT2D eigenvalue weighted by Crippen LogP contribution is -2.53. The summed E-state index contributed by atoms with van der Waals surface area (Å²) in [7, 11) is 0. The molecule has 1 aromatic carbocycles. The second-order valence-corrected chi connectivity index (χ2v) is 9.26. The molecule has 2 bridgehead atoms. The van der Waals surface area contributed by atoms with Gasteiger partial charge in [0.1, 0.15) is 11.6 Å². The molecule has 4 rings (SSSR count). The van der Waals surface area contributed by atoms with Crippen molar-refractivity contribution in [1.82, 2.24) is 10.2 Å². The third-order valence-corrected chi connectivity index (χ3v) is 7.56. The largest absolute Gasteiger partial charge is 0.395 e. The summed E-state index contributed by atoms with van der Waals surface area (Å²) < 4.78 is 6.58. The van der Waals surface area contributed by atoms with Gasteiger partial charge in [0.2, 0.25) is 17.7 Å². The third-order valence-electron chi connectivity index (χ3n) is 7.23. The molecule has 1 aromatic rings. The van der Waals surface area contributed by atoms with Gasteiger partial charge in [-0.1, -0.05) is 37.6 Å². The van der Waals surface area contributed by atoms with Crippen LogP contribution in [0.3, 0.4) is 0 Å². The Balaban J connectivity index is 1.73. The van der Waals surface area contributed by atoms with E-state index in [0.29, 0.717) is 36.5 Å². The number of anilines is 1. The van der Waals surface area contributed by atoms with Crippen LogP contribution in [0.2, 0.25) is 5.02 Å². The summed E-state index contributed by atoms with van der Waals surface area (Å²) >= 11 is 6.23. The molecule has 174 valence electrons. The summed E-state index contributed by atoms with van der Waals surface area (Å²) in [5, 5.41) is 15.8. The van der Waals surface area contributed by atoms with Gasteiger partial charge in [-0.15, -0.1) is 0 Å². The van der Waals surface area contributed by atoms with E-state index in [2.05, 4.69) is 10.6 Å². The molecule has 3 aliphatic heterocycles. The zero-order valence-electron chi connectivity index (χ0n) is 18.4. The molecule has 8 nitrogen and oxygen atoms in total. The number of aliphatic hydroxyl groups is 1. The van der Waals surface area contributed by atoms with Gasteiger partial charge in [0.25, 0.3) is 0 Å². The number of carbonyl (C=O) groups excluding carboxylic acids is 3. The van der Waals surface area contributed by atoms with E-state index in [1.807, 2.05) is 13.8 Å². The number of aliphatic hydroxyl groups excluding tert-OH is 1. The Morgan fingerprint density at radius 2 is 2.00 bits per heavy atom. The molecule has 1 spiro atoms. The zero-order chi connectivity index (χ0) is 23.1. The Labute approximate surface area is 192 Å². The molecular weight excluding hydrogens is 434 g/mol. The average Bonchev–Trinajstić information content (AvgIpc) is 3.38. The molecule has 2 unspecified atom stereocenters. The van der Waals surface area contributed by atoms with Crippen LogP contribution in [-0.4, -0.2) is 64.7 Å². The van der Waals surface area contributed by atoms with Crippen molar-refractivity contribution in [3.8, 4) is 0 Å². The van der Waals surface area contributed by atoms with Crippen molar-refractivity contribution in [2.75, 3.05) is 25.0 Å². The minimum Gasteiger partial charge on any atom is -0.395 e. The fraction of sp³-hybridized carbons (Fsp3) is 0.609. The van der Waals surface area contributed by atoms with Gasteiger partial charge >= 0.3 is 0 Å². The van der Waals surface area contributed by atoms with Gasteiger partial charge in [-0.05, 0) is 37.8 Å². The molecule has 3 N–H and O–H groups in total. The van der Waals surface area contributed by atoms with Gasteiger partial charge in [0, 0.05) is 13.1 Å². The predicted molar refractivity (Wildman–Crippen MR) is 119 cm³/mol. The number of nitrogens with zero attached hydrogens (tertiary/aromatic N) is 1. The molecule has 9 heteroatoms. The molecule has 3 fully saturated rings. The Morgan fingerprint density at radius 3 is 2.66 bits per heavy atom. The van der Waals surface area contributed by atoms with Gasteiger partial charge in [0.05, 0.1) is 34.8 Å². The minimum absolute atomic E-state index is 0.0104. The summed E-state index contributed by atoms with van der Waals surface area (Å²) in [5.41, 5.74) is -1.45. The van der Waals surface area contributed by atoms with E-state index in [-0.39, 0.29) is 25.0 Å². The topological polar surface area (TPSA) is 108 Å². The number of fused-ring (bicyclic) bond motifs is 1. The fourth-order valence-electron chi connectivity index (χ4n) is 5.89. The van der Waals surface area contributed by atoms with Crippen molar-refractivity contribution in [3.63, 3.8) is 0 Å². The number of amides is 3. The van der Waals surface area contributed by atoms with E-state index in [1.165, 1.54) is 4.90 Å². The van der Waals surface area contributed by atoms with E-state index in [9.17, 15) is 19.5 Å². The number of carbonyl (C=O) groups is 3. The highest BCUT2D eigenvalue weighted by atomic mass is 35.5. The van der Waals surface area contributed by atoms with Crippen LogP contribution >= 0.6 is 11.6 Å². The van der Waals surface area contributed by atoms with Crippen LogP contribution in [0, 0.1) is 11.8 Å². The molecule has 32 heavy (non-hydrogen) atoms. The second-order valence-electron chi connectivity index (χ2n) is 8.85. The van der Waals surface area contributed by atoms with Crippen molar-refractivity contribution in [3.05, 3.63) is 29.3 Å². The lowest BCUT2D eigenvalue weighted by molar-refractivity contribution is -0.146. The first-order chi connectivity index (χ1) is 15.3. The maximum Gasteiger partial charge on any atom is 0.250 e. The highest BCUT2D eigenvalue weighted by Crippen LogP contribution is 2.64. The van der Waals surface area contributed by atoms with Gasteiger partial charge in [-0.3, -0.25) is 14.4 Å². The van der Waals surface area contributed by atoms with E-state index in [0.717, 1.165) is 6.42 Å². The Morgan fingerprint density at radius 1 is 1.25 bits per heavy atom. The number of nitrogens with one attached hydrogen (secondary N) is 2. The summed E-state index contributed by atoms with van der Waals surface area (Å²) in [6.07, 6.45) is 2.45. The average molecular weight is 464 g/mol. The highest BCUT2D eigenvalue weighted by Gasteiger charge is 2.78. The molecular formula is C23H30ClN3O5. The summed E-state index contributed by atoms with van der Waals surface area (Å²) in [6, 6.07) is 5.91.